The van der Waals surface area contributed by atoms with E-state index in [2.05, 4.69) is 22.5 Å². The summed E-state index contributed by atoms with van der Waals surface area (Å²) >= 11 is 0. The molecular formula is C37H54N4O7. The van der Waals surface area contributed by atoms with Crippen LogP contribution in [0.3, 0.4) is 0 Å². The predicted molar refractivity (Wildman–Crippen MR) is 186 cm³/mol. The van der Waals surface area contributed by atoms with Gasteiger partial charge in [-0.1, -0.05) is 38.3 Å². The number of urea groups is 1. The lowest BCUT2D eigenvalue weighted by Crippen LogP contribution is -2.47. The molecule has 1 aliphatic carbocycles. The summed E-state index contributed by atoms with van der Waals surface area (Å²) in [6.45, 7) is 7.75. The highest BCUT2D eigenvalue weighted by molar-refractivity contribution is 5.99. The first kappa shape index (κ1) is 37.2. The number of likely N-dealkylation sites (N-methyl/N-ethyl adjacent to an activating group) is 1. The normalized spacial score (nSPS) is 22.2. The van der Waals surface area contributed by atoms with Gasteiger partial charge in [0, 0.05) is 43.9 Å². The molecule has 1 saturated carbocycles. The molecule has 4 N–H and O–H groups in total. The number of carboxylic acid groups (broad SMARTS) is 1. The molecule has 2 aromatic carbocycles. The van der Waals surface area contributed by atoms with Crippen LogP contribution < -0.4 is 15.4 Å². The molecule has 4 atom stereocenters. The lowest BCUT2D eigenvalue weighted by Gasteiger charge is -2.36. The maximum absolute atomic E-state index is 14.4. The number of nitrogens with zero attached hydrogens (tertiary/aromatic N) is 2. The Morgan fingerprint density at radius 1 is 1.02 bits per heavy atom. The fourth-order valence-electron chi connectivity index (χ4n) is 6.50. The Morgan fingerprint density at radius 2 is 1.73 bits per heavy atom. The number of hydrogen-bond donors (Lipinski definition) is 4. The molecule has 0 spiro atoms. The van der Waals surface area contributed by atoms with Crippen LogP contribution in [0.25, 0.3) is 0 Å². The van der Waals surface area contributed by atoms with Gasteiger partial charge in [-0.2, -0.15) is 0 Å². The maximum atomic E-state index is 14.4. The number of aliphatic hydroxyl groups excluding tert-OH is 1. The average Bonchev–Trinajstić information content (AvgIpc) is 3.06. The van der Waals surface area contributed by atoms with Crippen LogP contribution in [0, 0.1) is 5.92 Å². The van der Waals surface area contributed by atoms with E-state index in [0.717, 1.165) is 50.5 Å². The molecule has 1 heterocycles. The second kappa shape index (κ2) is 18.2. The molecule has 0 radical (unpaired) electrons. The van der Waals surface area contributed by atoms with Crippen molar-refractivity contribution in [3.8, 4) is 5.75 Å². The standard InChI is InChI=1S/C37H54N4O7/c1-25-21-41(26(2)24-42)35(43)32-20-31(39-37(46)38-30-11-6-5-7-12-30)17-18-33(32)48-27(3)10-8-9-19-47-34(25)23-40(4)22-28-13-15-29(16-14-28)36(44)45/h13-18,20,25-27,30,34,42H,5-12,19,21-24H2,1-4H3,(H,44,45)(H2,38,39,46)/t25-,26-,27+,34+/m0/s1. The van der Waals surface area contributed by atoms with E-state index in [-0.39, 0.29) is 48.3 Å². The number of hydrogen-bond acceptors (Lipinski definition) is 7. The third-order valence-corrected chi connectivity index (χ3v) is 9.39. The number of aliphatic hydroxyl groups is 1. The summed E-state index contributed by atoms with van der Waals surface area (Å²) in [5.74, 6) is -0.880. The van der Waals surface area contributed by atoms with Crippen molar-refractivity contribution in [1.82, 2.24) is 15.1 Å². The van der Waals surface area contributed by atoms with Gasteiger partial charge in [-0.3, -0.25) is 9.69 Å². The van der Waals surface area contributed by atoms with Crippen LogP contribution in [-0.4, -0.2) is 95.6 Å². The quantitative estimate of drug-likeness (QED) is 0.265. The molecule has 0 unspecified atom stereocenters. The number of carbonyl (C=O) groups is 3. The molecule has 0 aromatic heterocycles. The highest BCUT2D eigenvalue weighted by Crippen LogP contribution is 2.29. The topological polar surface area (TPSA) is 141 Å². The Labute approximate surface area is 285 Å². The Bertz CT molecular complexity index is 1350. The zero-order chi connectivity index (χ0) is 34.6. The summed E-state index contributed by atoms with van der Waals surface area (Å²) in [7, 11) is 2.00. The molecule has 11 heteroatoms. The Hall–Kier alpha value is -3.67. The van der Waals surface area contributed by atoms with E-state index in [1.165, 1.54) is 6.42 Å². The van der Waals surface area contributed by atoms with Gasteiger partial charge in [0.05, 0.1) is 36.0 Å². The summed E-state index contributed by atoms with van der Waals surface area (Å²) < 4.78 is 12.8. The van der Waals surface area contributed by atoms with Gasteiger partial charge < -0.3 is 35.2 Å². The molecule has 0 bridgehead atoms. The highest BCUT2D eigenvalue weighted by atomic mass is 16.5. The van der Waals surface area contributed by atoms with Crippen molar-refractivity contribution in [2.24, 2.45) is 5.92 Å². The first-order chi connectivity index (χ1) is 23.0. The van der Waals surface area contributed by atoms with Gasteiger partial charge in [0.2, 0.25) is 0 Å². The van der Waals surface area contributed by atoms with Crippen molar-refractivity contribution in [3.05, 3.63) is 59.2 Å². The van der Waals surface area contributed by atoms with Crippen molar-refractivity contribution in [2.75, 3.05) is 38.7 Å². The molecule has 0 saturated heterocycles. The van der Waals surface area contributed by atoms with E-state index in [4.69, 9.17) is 9.47 Å². The lowest BCUT2D eigenvalue weighted by atomic mass is 9.96. The monoisotopic (exact) mass is 666 g/mol. The van der Waals surface area contributed by atoms with Crippen molar-refractivity contribution in [3.63, 3.8) is 0 Å². The minimum absolute atomic E-state index is 0.0893. The van der Waals surface area contributed by atoms with Crippen LogP contribution in [0.15, 0.2) is 42.5 Å². The van der Waals surface area contributed by atoms with Crippen molar-refractivity contribution in [1.29, 1.82) is 0 Å². The third kappa shape index (κ3) is 10.9. The van der Waals surface area contributed by atoms with Crippen LogP contribution in [0.1, 0.15) is 98.4 Å². The number of anilines is 1. The summed E-state index contributed by atoms with van der Waals surface area (Å²) in [4.78, 5) is 42.3. The molecule has 3 amide bonds. The number of rotatable bonds is 9. The van der Waals surface area contributed by atoms with E-state index in [1.54, 1.807) is 35.2 Å². The Morgan fingerprint density at radius 3 is 2.42 bits per heavy atom. The number of carbonyl (C=O) groups excluding carboxylic acids is 2. The van der Waals surface area contributed by atoms with Crippen molar-refractivity contribution in [2.45, 2.75) is 103 Å². The van der Waals surface area contributed by atoms with E-state index in [9.17, 15) is 24.6 Å². The first-order valence-electron chi connectivity index (χ1n) is 17.5. The summed E-state index contributed by atoms with van der Waals surface area (Å²) in [6.07, 6.45) is 7.52. The zero-order valence-electron chi connectivity index (χ0n) is 29.0. The average molecular weight is 667 g/mol. The van der Waals surface area contributed by atoms with Gasteiger partial charge in [-0.25, -0.2) is 9.59 Å². The number of carboxylic acids is 1. The van der Waals surface area contributed by atoms with Gasteiger partial charge in [0.1, 0.15) is 5.75 Å². The lowest BCUT2D eigenvalue weighted by molar-refractivity contribution is -0.0177. The molecule has 264 valence electrons. The molecule has 1 aliphatic heterocycles. The summed E-state index contributed by atoms with van der Waals surface area (Å²) in [6, 6.07) is 11.4. The molecule has 11 nitrogen and oxygen atoms in total. The van der Waals surface area contributed by atoms with Gasteiger partial charge >= 0.3 is 12.0 Å². The van der Waals surface area contributed by atoms with Gasteiger partial charge in [0.15, 0.2) is 0 Å². The van der Waals surface area contributed by atoms with Gasteiger partial charge in [-0.15, -0.1) is 0 Å². The molecule has 2 aliphatic rings. The van der Waals surface area contributed by atoms with E-state index < -0.39 is 12.0 Å². The second-order valence-corrected chi connectivity index (χ2v) is 13.6. The first-order valence-corrected chi connectivity index (χ1v) is 17.5. The fraction of sp³-hybridized carbons (Fsp3) is 0.595. The molecule has 2 aromatic rings. The number of ether oxygens (including phenoxy) is 2. The number of aromatic carboxylic acids is 1. The zero-order valence-corrected chi connectivity index (χ0v) is 29.0. The third-order valence-electron chi connectivity index (χ3n) is 9.39. The Kier molecular flexibility index (Phi) is 14.1. The summed E-state index contributed by atoms with van der Waals surface area (Å²) in [5.41, 5.74) is 2.07. The maximum Gasteiger partial charge on any atom is 0.335 e. The van der Waals surface area contributed by atoms with Gasteiger partial charge in [-0.05, 0) is 88.9 Å². The number of benzene rings is 2. The number of amides is 3. The molecule has 48 heavy (non-hydrogen) atoms. The van der Waals surface area contributed by atoms with Crippen LogP contribution in [-0.2, 0) is 11.3 Å². The minimum Gasteiger partial charge on any atom is -0.490 e. The van der Waals surface area contributed by atoms with Crippen LogP contribution >= 0.6 is 0 Å². The SMILES string of the molecule is C[C@@H]1CCCCO[C@H](CN(C)Cc2ccc(C(=O)O)cc2)[C@@H](C)CN([C@@H](C)CO)C(=O)c2cc(NC(=O)NC3CCCCC3)ccc2O1. The number of nitrogens with one attached hydrogen (secondary N) is 2. The summed E-state index contributed by atoms with van der Waals surface area (Å²) in [5, 5.41) is 25.5. The van der Waals surface area contributed by atoms with Crippen LogP contribution in [0.5, 0.6) is 5.75 Å². The van der Waals surface area contributed by atoms with Crippen molar-refractivity contribution >= 4 is 23.6 Å². The molecular weight excluding hydrogens is 612 g/mol. The van der Waals surface area contributed by atoms with Gasteiger partial charge in [0.25, 0.3) is 5.91 Å². The van der Waals surface area contributed by atoms with E-state index in [0.29, 0.717) is 43.2 Å². The number of fused-ring (bicyclic) bond motifs is 1. The van der Waals surface area contributed by atoms with E-state index in [1.807, 2.05) is 33.0 Å². The van der Waals surface area contributed by atoms with Crippen LogP contribution in [0.2, 0.25) is 0 Å². The smallest absolute Gasteiger partial charge is 0.335 e. The highest BCUT2D eigenvalue weighted by Gasteiger charge is 2.30. The molecule has 4 rings (SSSR count). The predicted octanol–water partition coefficient (Wildman–Crippen LogP) is 5.77. The van der Waals surface area contributed by atoms with Crippen molar-refractivity contribution < 1.29 is 34.1 Å². The molecule has 1 fully saturated rings. The fourth-order valence-corrected chi connectivity index (χ4v) is 6.50. The Balaban J connectivity index is 1.55. The minimum atomic E-state index is -0.954. The van der Waals surface area contributed by atoms with Crippen LogP contribution in [0.4, 0.5) is 10.5 Å². The largest absolute Gasteiger partial charge is 0.490 e. The second-order valence-electron chi connectivity index (χ2n) is 13.6. The van der Waals surface area contributed by atoms with E-state index >= 15 is 0 Å².